The predicted octanol–water partition coefficient (Wildman–Crippen LogP) is 3.98. The van der Waals surface area contributed by atoms with Crippen molar-refractivity contribution in [2.24, 2.45) is 11.8 Å². The van der Waals surface area contributed by atoms with Crippen molar-refractivity contribution >= 4 is 0 Å². The molecule has 1 heteroatoms. The van der Waals surface area contributed by atoms with Crippen molar-refractivity contribution in [1.29, 1.82) is 0 Å². The Kier molecular flexibility index (Phi) is 6.31. The van der Waals surface area contributed by atoms with Gasteiger partial charge in [0, 0.05) is 6.04 Å². The van der Waals surface area contributed by atoms with Gasteiger partial charge in [-0.05, 0) is 44.6 Å². The first kappa shape index (κ1) is 13.0. The monoisotopic (exact) mass is 211 g/mol. The third-order valence-electron chi connectivity index (χ3n) is 3.89. The SMILES string of the molecule is CCCNC(C)CCC1CCC(C)CC1. The first-order valence-corrected chi connectivity index (χ1v) is 6.95. The van der Waals surface area contributed by atoms with Gasteiger partial charge in [-0.25, -0.2) is 0 Å². The molecular weight excluding hydrogens is 182 g/mol. The molecule has 90 valence electrons. The second-order valence-electron chi connectivity index (χ2n) is 5.56. The van der Waals surface area contributed by atoms with Crippen LogP contribution in [-0.4, -0.2) is 12.6 Å². The van der Waals surface area contributed by atoms with Gasteiger partial charge in [-0.1, -0.05) is 39.5 Å². The predicted molar refractivity (Wildman–Crippen MR) is 68.1 cm³/mol. The summed E-state index contributed by atoms with van der Waals surface area (Å²) in [5.41, 5.74) is 0. The van der Waals surface area contributed by atoms with E-state index in [0.29, 0.717) is 0 Å². The molecule has 1 saturated carbocycles. The van der Waals surface area contributed by atoms with Gasteiger partial charge in [0.25, 0.3) is 0 Å². The van der Waals surface area contributed by atoms with E-state index in [0.717, 1.165) is 17.9 Å². The highest BCUT2D eigenvalue weighted by molar-refractivity contribution is 4.72. The molecule has 0 aromatic rings. The van der Waals surface area contributed by atoms with Gasteiger partial charge < -0.3 is 5.32 Å². The Balaban J connectivity index is 2.04. The van der Waals surface area contributed by atoms with Gasteiger partial charge in [-0.3, -0.25) is 0 Å². The van der Waals surface area contributed by atoms with E-state index in [-0.39, 0.29) is 0 Å². The number of hydrogen-bond donors (Lipinski definition) is 1. The molecule has 1 N–H and O–H groups in total. The molecule has 0 saturated heterocycles. The van der Waals surface area contributed by atoms with Gasteiger partial charge in [0.2, 0.25) is 0 Å². The van der Waals surface area contributed by atoms with Crippen molar-refractivity contribution in [2.75, 3.05) is 6.54 Å². The van der Waals surface area contributed by atoms with Crippen LogP contribution in [0, 0.1) is 11.8 Å². The van der Waals surface area contributed by atoms with Crippen LogP contribution in [0.15, 0.2) is 0 Å². The third-order valence-corrected chi connectivity index (χ3v) is 3.89. The fraction of sp³-hybridized carbons (Fsp3) is 1.00. The fourth-order valence-corrected chi connectivity index (χ4v) is 2.60. The molecule has 1 aliphatic rings. The number of hydrogen-bond acceptors (Lipinski definition) is 1. The van der Waals surface area contributed by atoms with Crippen LogP contribution in [-0.2, 0) is 0 Å². The Morgan fingerprint density at radius 1 is 1.20 bits per heavy atom. The Morgan fingerprint density at radius 2 is 1.87 bits per heavy atom. The topological polar surface area (TPSA) is 12.0 Å². The smallest absolute Gasteiger partial charge is 0.00388 e. The van der Waals surface area contributed by atoms with Crippen LogP contribution in [0.5, 0.6) is 0 Å². The van der Waals surface area contributed by atoms with E-state index in [1.807, 2.05) is 0 Å². The first-order chi connectivity index (χ1) is 7.22. The summed E-state index contributed by atoms with van der Waals surface area (Å²) in [7, 11) is 0. The largest absolute Gasteiger partial charge is 0.314 e. The van der Waals surface area contributed by atoms with Crippen LogP contribution in [0.3, 0.4) is 0 Å². The van der Waals surface area contributed by atoms with Crippen molar-refractivity contribution in [3.05, 3.63) is 0 Å². The Labute approximate surface area is 96.0 Å². The molecule has 0 aromatic heterocycles. The summed E-state index contributed by atoms with van der Waals surface area (Å²) in [6.07, 6.45) is 10.0. The molecule has 1 aliphatic carbocycles. The Bertz CT molecular complexity index is 147. The van der Waals surface area contributed by atoms with Gasteiger partial charge in [-0.15, -0.1) is 0 Å². The van der Waals surface area contributed by atoms with Gasteiger partial charge in [0.1, 0.15) is 0 Å². The highest BCUT2D eigenvalue weighted by Gasteiger charge is 2.18. The second kappa shape index (κ2) is 7.27. The lowest BCUT2D eigenvalue weighted by Gasteiger charge is -2.27. The minimum absolute atomic E-state index is 0.726. The quantitative estimate of drug-likeness (QED) is 0.700. The molecule has 1 rings (SSSR count). The molecule has 1 atom stereocenters. The molecule has 1 fully saturated rings. The summed E-state index contributed by atoms with van der Waals surface area (Å²) in [5, 5.41) is 3.58. The molecule has 1 nitrogen and oxygen atoms in total. The molecular formula is C14H29N. The molecule has 15 heavy (non-hydrogen) atoms. The summed E-state index contributed by atoms with van der Waals surface area (Å²) in [6, 6.07) is 0.726. The summed E-state index contributed by atoms with van der Waals surface area (Å²) in [5.74, 6) is 2.03. The molecule has 0 spiro atoms. The maximum Gasteiger partial charge on any atom is 0.00388 e. The standard InChI is InChI=1S/C14H29N/c1-4-11-15-13(3)7-10-14-8-5-12(2)6-9-14/h12-15H,4-11H2,1-3H3. The number of rotatable bonds is 6. The van der Waals surface area contributed by atoms with Crippen LogP contribution in [0.2, 0.25) is 0 Å². The van der Waals surface area contributed by atoms with E-state index in [4.69, 9.17) is 0 Å². The lowest BCUT2D eigenvalue weighted by molar-refractivity contribution is 0.266. The molecule has 0 radical (unpaired) electrons. The zero-order valence-electron chi connectivity index (χ0n) is 10.9. The second-order valence-corrected chi connectivity index (χ2v) is 5.56. The summed E-state index contributed by atoms with van der Waals surface area (Å²) in [6.45, 7) is 8.16. The molecule has 0 aromatic carbocycles. The van der Waals surface area contributed by atoms with E-state index in [1.165, 1.54) is 51.5 Å². The van der Waals surface area contributed by atoms with Crippen molar-refractivity contribution in [3.63, 3.8) is 0 Å². The average Bonchev–Trinajstić information content (AvgIpc) is 2.25. The van der Waals surface area contributed by atoms with Crippen molar-refractivity contribution in [3.8, 4) is 0 Å². The lowest BCUT2D eigenvalue weighted by Crippen LogP contribution is -2.27. The molecule has 1 unspecified atom stereocenters. The van der Waals surface area contributed by atoms with E-state index in [2.05, 4.69) is 26.1 Å². The zero-order valence-corrected chi connectivity index (χ0v) is 10.9. The van der Waals surface area contributed by atoms with E-state index >= 15 is 0 Å². The van der Waals surface area contributed by atoms with Crippen molar-refractivity contribution < 1.29 is 0 Å². The normalized spacial score (nSPS) is 29.0. The first-order valence-electron chi connectivity index (χ1n) is 6.95. The average molecular weight is 211 g/mol. The zero-order chi connectivity index (χ0) is 11.1. The van der Waals surface area contributed by atoms with Crippen LogP contribution in [0.25, 0.3) is 0 Å². The maximum atomic E-state index is 3.58. The summed E-state index contributed by atoms with van der Waals surface area (Å²) < 4.78 is 0. The van der Waals surface area contributed by atoms with Crippen molar-refractivity contribution in [2.45, 2.75) is 71.8 Å². The molecule has 0 aliphatic heterocycles. The van der Waals surface area contributed by atoms with E-state index in [1.54, 1.807) is 0 Å². The maximum absolute atomic E-state index is 3.58. The molecule has 0 bridgehead atoms. The lowest BCUT2D eigenvalue weighted by atomic mass is 9.80. The molecule has 0 amide bonds. The minimum Gasteiger partial charge on any atom is -0.314 e. The number of nitrogens with one attached hydrogen (secondary N) is 1. The van der Waals surface area contributed by atoms with Crippen LogP contribution >= 0.6 is 0 Å². The summed E-state index contributed by atoms with van der Waals surface area (Å²) >= 11 is 0. The summed E-state index contributed by atoms with van der Waals surface area (Å²) in [4.78, 5) is 0. The van der Waals surface area contributed by atoms with Crippen LogP contribution in [0.1, 0.15) is 65.7 Å². The van der Waals surface area contributed by atoms with Crippen LogP contribution < -0.4 is 5.32 Å². The van der Waals surface area contributed by atoms with Gasteiger partial charge in [0.05, 0.1) is 0 Å². The van der Waals surface area contributed by atoms with Gasteiger partial charge in [0.15, 0.2) is 0 Å². The molecule has 0 heterocycles. The van der Waals surface area contributed by atoms with Crippen LogP contribution in [0.4, 0.5) is 0 Å². The highest BCUT2D eigenvalue weighted by Crippen LogP contribution is 2.31. The Morgan fingerprint density at radius 3 is 2.47 bits per heavy atom. The fourth-order valence-electron chi connectivity index (χ4n) is 2.60. The minimum atomic E-state index is 0.726. The van der Waals surface area contributed by atoms with Gasteiger partial charge in [-0.2, -0.15) is 0 Å². The van der Waals surface area contributed by atoms with E-state index < -0.39 is 0 Å². The third kappa shape index (κ3) is 5.55. The highest BCUT2D eigenvalue weighted by atomic mass is 14.9. The van der Waals surface area contributed by atoms with Crippen molar-refractivity contribution in [1.82, 2.24) is 5.32 Å². The van der Waals surface area contributed by atoms with Gasteiger partial charge >= 0.3 is 0 Å². The van der Waals surface area contributed by atoms with E-state index in [9.17, 15) is 0 Å². The Hall–Kier alpha value is -0.0400.